The Bertz CT molecular complexity index is 514. The second-order valence-corrected chi connectivity index (χ2v) is 4.88. The van der Waals surface area contributed by atoms with Crippen LogP contribution in [0.5, 0.6) is 11.6 Å². The van der Waals surface area contributed by atoms with E-state index in [4.69, 9.17) is 4.74 Å². The molecule has 1 N–H and O–H groups in total. The van der Waals surface area contributed by atoms with Crippen molar-refractivity contribution in [2.75, 3.05) is 0 Å². The van der Waals surface area contributed by atoms with Crippen molar-refractivity contribution in [2.45, 2.75) is 13.0 Å². The molecular weight excluding hydrogens is 329 g/mol. The quantitative estimate of drug-likeness (QED) is 0.869. The number of aliphatic hydroxyl groups excluding tert-OH is 1. The molecule has 0 aliphatic heterocycles. The lowest BCUT2D eigenvalue weighted by Crippen LogP contribution is -1.98. The number of halogens is 1. The molecule has 2 aromatic rings. The first-order valence-electron chi connectivity index (χ1n) is 5.23. The molecule has 0 saturated carbocycles. The second kappa shape index (κ2) is 5.46. The summed E-state index contributed by atoms with van der Waals surface area (Å²) >= 11 is 2.22. The number of benzene rings is 1. The van der Waals surface area contributed by atoms with Gasteiger partial charge in [0.2, 0.25) is 5.88 Å². The number of hydrogen-bond acceptors (Lipinski definition) is 3. The number of aromatic nitrogens is 1. The number of hydrogen-bond donors (Lipinski definition) is 1. The third-order valence-corrected chi connectivity index (χ3v) is 2.93. The maximum absolute atomic E-state index is 9.62. The smallest absolute Gasteiger partial charge is 0.225 e. The normalized spacial score (nSPS) is 12.2. The third kappa shape index (κ3) is 3.17. The average molecular weight is 341 g/mol. The molecule has 0 aliphatic carbocycles. The molecule has 3 nitrogen and oxygen atoms in total. The largest absolute Gasteiger partial charge is 0.439 e. The zero-order valence-electron chi connectivity index (χ0n) is 9.30. The summed E-state index contributed by atoms with van der Waals surface area (Å²) in [5, 5.41) is 9.62. The van der Waals surface area contributed by atoms with E-state index in [0.29, 0.717) is 11.4 Å². The Morgan fingerprint density at radius 1 is 1.29 bits per heavy atom. The summed E-state index contributed by atoms with van der Waals surface area (Å²) in [7, 11) is 0. The first-order valence-corrected chi connectivity index (χ1v) is 6.31. The van der Waals surface area contributed by atoms with Crippen LogP contribution in [0.1, 0.15) is 18.6 Å². The van der Waals surface area contributed by atoms with Gasteiger partial charge in [-0.3, -0.25) is 0 Å². The molecule has 17 heavy (non-hydrogen) atoms. The number of rotatable bonds is 3. The van der Waals surface area contributed by atoms with Gasteiger partial charge in [0.15, 0.2) is 0 Å². The van der Waals surface area contributed by atoms with E-state index in [1.54, 1.807) is 25.3 Å². The third-order valence-electron chi connectivity index (χ3n) is 2.26. The summed E-state index contributed by atoms with van der Waals surface area (Å²) in [5.74, 6) is 1.17. The summed E-state index contributed by atoms with van der Waals surface area (Å²) < 4.78 is 6.77. The molecule has 0 fully saturated rings. The Morgan fingerprint density at radius 2 is 2.12 bits per heavy atom. The average Bonchev–Trinajstić information content (AvgIpc) is 2.29. The van der Waals surface area contributed by atoms with E-state index < -0.39 is 6.10 Å². The van der Waals surface area contributed by atoms with Crippen molar-refractivity contribution < 1.29 is 9.84 Å². The highest BCUT2D eigenvalue weighted by Gasteiger charge is 2.10. The van der Waals surface area contributed by atoms with E-state index >= 15 is 0 Å². The van der Waals surface area contributed by atoms with Crippen LogP contribution in [0, 0.1) is 3.57 Å². The lowest BCUT2D eigenvalue weighted by Gasteiger charge is -2.11. The van der Waals surface area contributed by atoms with Gasteiger partial charge in [0.1, 0.15) is 5.75 Å². The SMILES string of the molecule is C[C@@H](O)c1cccnc1Oc1cccc(I)c1. The Labute approximate surface area is 114 Å². The summed E-state index contributed by atoms with van der Waals surface area (Å²) in [4.78, 5) is 4.14. The lowest BCUT2D eigenvalue weighted by atomic mass is 10.2. The van der Waals surface area contributed by atoms with E-state index in [9.17, 15) is 5.11 Å². The van der Waals surface area contributed by atoms with Crippen LogP contribution in [0.2, 0.25) is 0 Å². The molecule has 2 rings (SSSR count). The monoisotopic (exact) mass is 341 g/mol. The molecule has 4 heteroatoms. The molecule has 1 aromatic carbocycles. The van der Waals surface area contributed by atoms with Crippen molar-refractivity contribution in [1.29, 1.82) is 0 Å². The Hall–Kier alpha value is -1.14. The van der Waals surface area contributed by atoms with Crippen molar-refractivity contribution >= 4 is 22.6 Å². The van der Waals surface area contributed by atoms with Crippen LogP contribution in [0.3, 0.4) is 0 Å². The maximum Gasteiger partial charge on any atom is 0.225 e. The van der Waals surface area contributed by atoms with Gasteiger partial charge in [0.05, 0.1) is 6.10 Å². The van der Waals surface area contributed by atoms with Crippen LogP contribution in [0.25, 0.3) is 0 Å². The zero-order valence-corrected chi connectivity index (χ0v) is 11.5. The molecule has 1 heterocycles. The minimum Gasteiger partial charge on any atom is -0.439 e. The molecule has 0 unspecified atom stereocenters. The Kier molecular flexibility index (Phi) is 3.96. The highest BCUT2D eigenvalue weighted by atomic mass is 127. The summed E-state index contributed by atoms with van der Waals surface area (Å²) in [6.07, 6.45) is 1.05. The summed E-state index contributed by atoms with van der Waals surface area (Å²) in [5.41, 5.74) is 0.686. The first-order chi connectivity index (χ1) is 8.16. The Morgan fingerprint density at radius 3 is 2.82 bits per heavy atom. The predicted molar refractivity (Wildman–Crippen MR) is 74.1 cm³/mol. The molecule has 1 atom stereocenters. The standard InChI is InChI=1S/C13H12INO2/c1-9(16)12-6-3-7-15-13(12)17-11-5-2-4-10(14)8-11/h2-9,16H,1H3/t9-/m1/s1. The number of ether oxygens (including phenoxy) is 1. The number of nitrogens with zero attached hydrogens (tertiary/aromatic N) is 1. The maximum atomic E-state index is 9.62. The molecule has 0 amide bonds. The van der Waals surface area contributed by atoms with Crippen molar-refractivity contribution in [1.82, 2.24) is 4.98 Å². The highest BCUT2D eigenvalue weighted by molar-refractivity contribution is 14.1. The van der Waals surface area contributed by atoms with Crippen LogP contribution in [0.15, 0.2) is 42.6 Å². The van der Waals surface area contributed by atoms with Crippen LogP contribution in [-0.2, 0) is 0 Å². The predicted octanol–water partition coefficient (Wildman–Crippen LogP) is 3.53. The van der Waals surface area contributed by atoms with E-state index in [0.717, 1.165) is 9.32 Å². The van der Waals surface area contributed by atoms with Gasteiger partial charge in [-0.15, -0.1) is 0 Å². The number of aliphatic hydroxyl groups is 1. The first kappa shape index (κ1) is 12.3. The van der Waals surface area contributed by atoms with Gasteiger partial charge in [-0.1, -0.05) is 6.07 Å². The lowest BCUT2D eigenvalue weighted by molar-refractivity contribution is 0.194. The van der Waals surface area contributed by atoms with Crippen LogP contribution < -0.4 is 4.74 Å². The van der Waals surface area contributed by atoms with Gasteiger partial charge in [-0.05, 0) is 59.8 Å². The van der Waals surface area contributed by atoms with E-state index in [1.165, 1.54) is 0 Å². The molecular formula is C13H12INO2. The van der Waals surface area contributed by atoms with Gasteiger partial charge in [-0.2, -0.15) is 0 Å². The fraction of sp³-hybridized carbons (Fsp3) is 0.154. The van der Waals surface area contributed by atoms with Crippen molar-refractivity contribution in [3.05, 3.63) is 51.7 Å². The van der Waals surface area contributed by atoms with Gasteiger partial charge in [0.25, 0.3) is 0 Å². The van der Waals surface area contributed by atoms with Gasteiger partial charge in [0, 0.05) is 15.3 Å². The zero-order chi connectivity index (χ0) is 12.3. The minimum atomic E-state index is -0.596. The van der Waals surface area contributed by atoms with Crippen LogP contribution in [-0.4, -0.2) is 10.1 Å². The van der Waals surface area contributed by atoms with Gasteiger partial charge >= 0.3 is 0 Å². The molecule has 0 radical (unpaired) electrons. The summed E-state index contributed by atoms with van der Waals surface area (Å²) in [6.45, 7) is 1.69. The van der Waals surface area contributed by atoms with E-state index in [-0.39, 0.29) is 0 Å². The highest BCUT2D eigenvalue weighted by Crippen LogP contribution is 2.27. The fourth-order valence-electron chi connectivity index (χ4n) is 1.45. The molecule has 88 valence electrons. The van der Waals surface area contributed by atoms with Gasteiger partial charge < -0.3 is 9.84 Å². The topological polar surface area (TPSA) is 42.4 Å². The molecule has 0 bridgehead atoms. The number of pyridine rings is 1. The second-order valence-electron chi connectivity index (χ2n) is 3.63. The van der Waals surface area contributed by atoms with Crippen molar-refractivity contribution in [3.8, 4) is 11.6 Å². The molecule has 0 spiro atoms. The van der Waals surface area contributed by atoms with Crippen molar-refractivity contribution in [2.24, 2.45) is 0 Å². The van der Waals surface area contributed by atoms with Crippen LogP contribution in [0.4, 0.5) is 0 Å². The van der Waals surface area contributed by atoms with E-state index in [2.05, 4.69) is 27.6 Å². The summed E-state index contributed by atoms with van der Waals surface area (Å²) in [6, 6.07) is 11.3. The van der Waals surface area contributed by atoms with E-state index in [1.807, 2.05) is 24.3 Å². The van der Waals surface area contributed by atoms with Gasteiger partial charge in [-0.25, -0.2) is 4.98 Å². The minimum absolute atomic E-state index is 0.449. The molecule has 1 aromatic heterocycles. The Balaban J connectivity index is 2.30. The van der Waals surface area contributed by atoms with Crippen LogP contribution >= 0.6 is 22.6 Å². The van der Waals surface area contributed by atoms with Crippen molar-refractivity contribution in [3.63, 3.8) is 0 Å². The fourth-order valence-corrected chi connectivity index (χ4v) is 1.96. The molecule has 0 saturated heterocycles. The molecule has 0 aliphatic rings.